The predicted molar refractivity (Wildman–Crippen MR) is 40.3 cm³/mol. The van der Waals surface area contributed by atoms with Gasteiger partial charge in [0, 0.05) is 6.04 Å². The van der Waals surface area contributed by atoms with E-state index in [0.717, 1.165) is 0 Å². The van der Waals surface area contributed by atoms with Gasteiger partial charge in [-0.2, -0.15) is 0 Å². The minimum Gasteiger partial charge on any atom is -0.351 e. The van der Waals surface area contributed by atoms with E-state index in [1.165, 1.54) is 0 Å². The zero-order valence-corrected chi connectivity index (χ0v) is 5.94. The van der Waals surface area contributed by atoms with Crippen molar-refractivity contribution in [1.82, 2.24) is 5.23 Å². The van der Waals surface area contributed by atoms with Gasteiger partial charge in [-0.1, -0.05) is 19.7 Å². The molecule has 0 aromatic rings. The summed E-state index contributed by atoms with van der Waals surface area (Å²) in [6, 6.07) is 0.440. The van der Waals surface area contributed by atoms with Crippen molar-refractivity contribution < 1.29 is 0 Å². The molecule has 0 fully saturated rings. The number of rotatable bonds is 3. The van der Waals surface area contributed by atoms with Crippen molar-refractivity contribution in [3.8, 4) is 0 Å². The summed E-state index contributed by atoms with van der Waals surface area (Å²) in [7, 11) is 0. The Bertz CT molecular complexity index is 70.9. The fourth-order valence-corrected chi connectivity index (χ4v) is 0.594. The Kier molecular flexibility index (Phi) is 3.62. The van der Waals surface area contributed by atoms with E-state index in [-0.39, 0.29) is 0 Å². The maximum atomic E-state index is 3.65. The maximum absolute atomic E-state index is 3.65. The summed E-state index contributed by atoms with van der Waals surface area (Å²) in [4.78, 5) is 0. The first-order valence-electron chi connectivity index (χ1n) is 3.05. The minimum atomic E-state index is 0.440. The van der Waals surface area contributed by atoms with Gasteiger partial charge in [0.05, 0.1) is 0 Å². The average molecular weight is 111 g/mol. The highest BCUT2D eigenvalue weighted by Gasteiger charge is 1.99. The van der Waals surface area contributed by atoms with Crippen LogP contribution in [-0.2, 0) is 0 Å². The summed E-state index contributed by atoms with van der Waals surface area (Å²) in [6.07, 6.45) is 1.90. The molecule has 0 bridgehead atoms. The van der Waals surface area contributed by atoms with Gasteiger partial charge in [-0.15, -0.1) is 6.58 Å². The summed E-state index contributed by atoms with van der Waals surface area (Å²) < 4.78 is 0. The Hall–Kier alpha value is -0.235. The van der Waals surface area contributed by atoms with Gasteiger partial charge < -0.3 is 5.23 Å². The lowest BCUT2D eigenvalue weighted by Gasteiger charge is -2.08. The molecule has 0 rings (SSSR count). The fraction of sp³-hybridized carbons (Fsp3) is 0.667. The second-order valence-corrected chi connectivity index (χ2v) is 2.35. The third kappa shape index (κ3) is 3.94. The summed E-state index contributed by atoms with van der Waals surface area (Å²) in [6.45, 7) is 10.5. The molecular weight excluding hydrogens is 96.9 g/mol. The largest absolute Gasteiger partial charge is 0.351 e. The van der Waals surface area contributed by atoms with Crippen molar-refractivity contribution >= 4 is 6.85 Å². The van der Waals surface area contributed by atoms with Crippen LogP contribution >= 0.6 is 0 Å². The molecule has 0 radical (unpaired) electrons. The average Bonchev–Trinajstić information content (AvgIpc) is 1.65. The molecule has 0 saturated carbocycles. The van der Waals surface area contributed by atoms with Crippen molar-refractivity contribution in [3.63, 3.8) is 0 Å². The van der Waals surface area contributed by atoms with Crippen LogP contribution in [0.1, 0.15) is 6.92 Å². The Morgan fingerprint density at radius 1 is 1.62 bits per heavy atom. The van der Waals surface area contributed by atoms with E-state index >= 15 is 0 Å². The van der Waals surface area contributed by atoms with Gasteiger partial charge >= 0.3 is 0 Å². The Morgan fingerprint density at radius 3 is 2.25 bits per heavy atom. The minimum absolute atomic E-state index is 0.440. The highest BCUT2D eigenvalue weighted by atomic mass is 14.8. The van der Waals surface area contributed by atoms with Crippen LogP contribution < -0.4 is 5.23 Å². The molecule has 1 nitrogen and oxygen atoms in total. The molecule has 0 aliphatic heterocycles. The Labute approximate surface area is 52.3 Å². The highest BCUT2D eigenvalue weighted by Crippen LogP contribution is 1.82. The lowest BCUT2D eigenvalue weighted by molar-refractivity contribution is 0.823. The zero-order chi connectivity index (χ0) is 6.57. The normalized spacial score (nSPS) is 12.9. The summed E-state index contributed by atoms with van der Waals surface area (Å²) >= 11 is 0. The van der Waals surface area contributed by atoms with Crippen LogP contribution in [0.5, 0.6) is 0 Å². The first-order chi connectivity index (χ1) is 3.66. The van der Waals surface area contributed by atoms with Gasteiger partial charge in [0.25, 0.3) is 0 Å². The second-order valence-electron chi connectivity index (χ2n) is 2.35. The van der Waals surface area contributed by atoms with Crippen molar-refractivity contribution in [2.75, 3.05) is 0 Å². The molecule has 0 aliphatic rings. The van der Waals surface area contributed by atoms with E-state index < -0.39 is 0 Å². The van der Waals surface area contributed by atoms with E-state index in [4.69, 9.17) is 0 Å². The van der Waals surface area contributed by atoms with E-state index in [0.29, 0.717) is 12.9 Å². The lowest BCUT2D eigenvalue weighted by Crippen LogP contribution is -2.34. The molecule has 0 aromatic carbocycles. The van der Waals surface area contributed by atoms with Crippen LogP contribution in [0.25, 0.3) is 0 Å². The smallest absolute Gasteiger partial charge is 0.214 e. The van der Waals surface area contributed by atoms with E-state index in [1.807, 2.05) is 6.08 Å². The van der Waals surface area contributed by atoms with E-state index in [9.17, 15) is 0 Å². The number of hydrogen-bond acceptors (Lipinski definition) is 1. The first kappa shape index (κ1) is 7.76. The molecule has 2 heteroatoms. The van der Waals surface area contributed by atoms with Gasteiger partial charge in [-0.3, -0.25) is 0 Å². The van der Waals surface area contributed by atoms with Crippen molar-refractivity contribution in [3.05, 3.63) is 12.7 Å². The van der Waals surface area contributed by atoms with Crippen molar-refractivity contribution in [2.45, 2.75) is 26.6 Å². The second kappa shape index (κ2) is 3.73. The first-order valence-corrected chi connectivity index (χ1v) is 3.05. The van der Waals surface area contributed by atoms with Gasteiger partial charge in [0.1, 0.15) is 0 Å². The molecule has 8 heavy (non-hydrogen) atoms. The van der Waals surface area contributed by atoms with Gasteiger partial charge in [-0.05, 0) is 6.92 Å². The molecule has 0 spiro atoms. The van der Waals surface area contributed by atoms with Crippen LogP contribution in [0.2, 0.25) is 13.6 Å². The molecular formula is C6H14BN. The van der Waals surface area contributed by atoms with Crippen LogP contribution in [-0.4, -0.2) is 12.9 Å². The quantitative estimate of drug-likeness (QED) is 0.428. The topological polar surface area (TPSA) is 12.0 Å². The van der Waals surface area contributed by atoms with Gasteiger partial charge in [0.2, 0.25) is 6.85 Å². The molecule has 1 unspecified atom stereocenters. The van der Waals surface area contributed by atoms with Crippen molar-refractivity contribution in [2.24, 2.45) is 0 Å². The SMILES string of the molecule is C=CC(C)NB(C)C. The molecule has 0 saturated heterocycles. The standard InChI is InChI=1S/C6H14BN/c1-5-6(2)8-7(3)4/h5-6,8H,1H2,2-4H3. The number of nitrogens with one attached hydrogen (secondary N) is 1. The van der Waals surface area contributed by atoms with E-state index in [1.54, 1.807) is 0 Å². The third-order valence-corrected chi connectivity index (χ3v) is 0.950. The van der Waals surface area contributed by atoms with Gasteiger partial charge in [0.15, 0.2) is 0 Å². The molecule has 1 atom stereocenters. The maximum Gasteiger partial charge on any atom is 0.214 e. The van der Waals surface area contributed by atoms with Crippen LogP contribution in [0, 0.1) is 0 Å². The molecule has 46 valence electrons. The summed E-state index contributed by atoms with van der Waals surface area (Å²) in [5.41, 5.74) is 0. The fourth-order valence-electron chi connectivity index (χ4n) is 0.594. The van der Waals surface area contributed by atoms with Crippen LogP contribution in [0.3, 0.4) is 0 Å². The van der Waals surface area contributed by atoms with Crippen molar-refractivity contribution in [1.29, 1.82) is 0 Å². The van der Waals surface area contributed by atoms with Gasteiger partial charge in [-0.25, -0.2) is 0 Å². The molecule has 1 N–H and O–H groups in total. The third-order valence-electron chi connectivity index (χ3n) is 0.950. The Morgan fingerprint density at radius 2 is 2.12 bits per heavy atom. The molecule has 0 amide bonds. The predicted octanol–water partition coefficient (Wildman–Crippen LogP) is 1.40. The number of hydrogen-bond donors (Lipinski definition) is 1. The molecule has 0 aliphatic carbocycles. The summed E-state index contributed by atoms with van der Waals surface area (Å²) in [5, 5.41) is 3.27. The highest BCUT2D eigenvalue weighted by molar-refractivity contribution is 6.52. The monoisotopic (exact) mass is 111 g/mol. The van der Waals surface area contributed by atoms with Crippen LogP contribution in [0.15, 0.2) is 12.7 Å². The van der Waals surface area contributed by atoms with E-state index in [2.05, 4.69) is 32.4 Å². The van der Waals surface area contributed by atoms with Crippen LogP contribution in [0.4, 0.5) is 0 Å². The summed E-state index contributed by atoms with van der Waals surface area (Å²) in [5.74, 6) is 0. The lowest BCUT2D eigenvalue weighted by atomic mass is 9.68. The molecule has 0 aromatic heterocycles. The zero-order valence-electron chi connectivity index (χ0n) is 5.94. The molecule has 0 heterocycles. The Balaban J connectivity index is 3.23.